The Labute approximate surface area is 90.0 Å². The topological polar surface area (TPSA) is 17.1 Å². The lowest BCUT2D eigenvalue weighted by Gasteiger charge is -2.05. The van der Waals surface area contributed by atoms with Gasteiger partial charge in [-0.25, -0.2) is 0 Å². The van der Waals surface area contributed by atoms with Gasteiger partial charge in [-0.2, -0.15) is 0 Å². The standard InChI is InChI=1S/C12H16OS/c1-10(2)8-9-14-12(13)11-6-4-3-5-7-11/h3-4,6,8H,5,7,9H2,1-2H3. The Morgan fingerprint density at radius 2 is 2.36 bits per heavy atom. The second-order valence-electron chi connectivity index (χ2n) is 3.54. The molecular weight excluding hydrogens is 192 g/mol. The van der Waals surface area contributed by atoms with Crippen LogP contribution in [0.5, 0.6) is 0 Å². The van der Waals surface area contributed by atoms with Gasteiger partial charge in [0.2, 0.25) is 5.12 Å². The predicted molar refractivity (Wildman–Crippen MR) is 63.4 cm³/mol. The molecule has 0 spiro atoms. The first-order chi connectivity index (χ1) is 6.70. The molecule has 0 radical (unpaired) electrons. The summed E-state index contributed by atoms with van der Waals surface area (Å²) < 4.78 is 0. The van der Waals surface area contributed by atoms with Crippen LogP contribution in [-0.2, 0) is 4.79 Å². The molecule has 2 heteroatoms. The van der Waals surface area contributed by atoms with E-state index in [2.05, 4.69) is 12.2 Å². The van der Waals surface area contributed by atoms with Crippen LogP contribution in [0.4, 0.5) is 0 Å². The molecule has 0 fully saturated rings. The molecular formula is C12H16OS. The van der Waals surface area contributed by atoms with E-state index in [1.54, 1.807) is 0 Å². The number of carbonyl (C=O) groups is 1. The summed E-state index contributed by atoms with van der Waals surface area (Å²) in [5.74, 6) is 0.794. The largest absolute Gasteiger partial charge is 0.282 e. The summed E-state index contributed by atoms with van der Waals surface area (Å²) in [5, 5.41) is 0.229. The van der Waals surface area contributed by atoms with Crippen molar-refractivity contribution in [1.29, 1.82) is 0 Å². The molecule has 14 heavy (non-hydrogen) atoms. The number of hydrogen-bond donors (Lipinski definition) is 0. The van der Waals surface area contributed by atoms with Crippen molar-refractivity contribution in [2.45, 2.75) is 26.7 Å². The van der Waals surface area contributed by atoms with Gasteiger partial charge < -0.3 is 0 Å². The van der Waals surface area contributed by atoms with Gasteiger partial charge in [-0.3, -0.25) is 4.79 Å². The molecule has 0 saturated heterocycles. The van der Waals surface area contributed by atoms with Crippen molar-refractivity contribution >= 4 is 16.9 Å². The van der Waals surface area contributed by atoms with Gasteiger partial charge in [0.05, 0.1) is 0 Å². The lowest BCUT2D eigenvalue weighted by Crippen LogP contribution is -1.99. The third kappa shape index (κ3) is 3.97. The maximum atomic E-state index is 11.6. The maximum Gasteiger partial charge on any atom is 0.215 e. The minimum absolute atomic E-state index is 0.229. The molecule has 0 heterocycles. The van der Waals surface area contributed by atoms with E-state index in [1.165, 1.54) is 17.3 Å². The molecule has 0 aliphatic heterocycles. The zero-order chi connectivity index (χ0) is 10.4. The quantitative estimate of drug-likeness (QED) is 0.660. The smallest absolute Gasteiger partial charge is 0.215 e. The fraction of sp³-hybridized carbons (Fsp3) is 0.417. The van der Waals surface area contributed by atoms with Crippen LogP contribution < -0.4 is 0 Å². The molecule has 0 aromatic rings. The second-order valence-corrected chi connectivity index (χ2v) is 4.53. The third-order valence-corrected chi connectivity index (χ3v) is 2.84. The van der Waals surface area contributed by atoms with Crippen LogP contribution >= 0.6 is 11.8 Å². The van der Waals surface area contributed by atoms with Crippen molar-refractivity contribution in [3.05, 3.63) is 35.5 Å². The lowest BCUT2D eigenvalue weighted by molar-refractivity contribution is -0.108. The van der Waals surface area contributed by atoms with Crippen LogP contribution in [-0.4, -0.2) is 10.9 Å². The van der Waals surface area contributed by atoms with Crippen LogP contribution in [0.3, 0.4) is 0 Å². The number of hydrogen-bond acceptors (Lipinski definition) is 2. The first kappa shape index (κ1) is 11.3. The molecule has 76 valence electrons. The van der Waals surface area contributed by atoms with Crippen LogP contribution in [0.15, 0.2) is 35.5 Å². The summed E-state index contributed by atoms with van der Waals surface area (Å²) in [7, 11) is 0. The molecule has 1 aliphatic carbocycles. The first-order valence-electron chi connectivity index (χ1n) is 4.86. The zero-order valence-electron chi connectivity index (χ0n) is 8.75. The number of carbonyl (C=O) groups excluding carboxylic acids is 1. The minimum Gasteiger partial charge on any atom is -0.282 e. The van der Waals surface area contributed by atoms with Gasteiger partial charge in [-0.05, 0) is 26.7 Å². The van der Waals surface area contributed by atoms with Gasteiger partial charge in [0.25, 0.3) is 0 Å². The molecule has 0 unspecified atom stereocenters. The van der Waals surface area contributed by atoms with Gasteiger partial charge >= 0.3 is 0 Å². The summed E-state index contributed by atoms with van der Waals surface area (Å²) in [5.41, 5.74) is 2.22. The van der Waals surface area contributed by atoms with E-state index in [1.807, 2.05) is 26.0 Å². The molecule has 1 rings (SSSR count). The summed E-state index contributed by atoms with van der Waals surface area (Å²) in [6, 6.07) is 0. The molecule has 0 N–H and O–H groups in total. The van der Waals surface area contributed by atoms with Crippen molar-refractivity contribution < 1.29 is 4.79 Å². The third-order valence-electron chi connectivity index (χ3n) is 1.98. The monoisotopic (exact) mass is 208 g/mol. The fourth-order valence-electron chi connectivity index (χ4n) is 1.15. The van der Waals surface area contributed by atoms with Crippen molar-refractivity contribution in [3.63, 3.8) is 0 Å². The Balaban J connectivity index is 2.38. The number of rotatable bonds is 3. The molecule has 0 aromatic heterocycles. The fourth-order valence-corrected chi connectivity index (χ4v) is 2.07. The summed E-state index contributed by atoms with van der Waals surface area (Å²) in [6.45, 7) is 4.10. The molecule has 0 aromatic carbocycles. The molecule has 1 nitrogen and oxygen atoms in total. The Bertz CT molecular complexity index is 293. The summed E-state index contributed by atoms with van der Waals surface area (Å²) in [6.07, 6.45) is 9.98. The van der Waals surface area contributed by atoms with E-state index in [0.29, 0.717) is 0 Å². The number of thioether (sulfide) groups is 1. The highest BCUT2D eigenvalue weighted by molar-refractivity contribution is 8.14. The van der Waals surface area contributed by atoms with Gasteiger partial charge in [0.15, 0.2) is 0 Å². The van der Waals surface area contributed by atoms with E-state index < -0.39 is 0 Å². The van der Waals surface area contributed by atoms with E-state index in [-0.39, 0.29) is 5.12 Å². The molecule has 0 bridgehead atoms. The Hall–Kier alpha value is -0.760. The second kappa shape index (κ2) is 5.86. The van der Waals surface area contributed by atoms with Gasteiger partial charge in [0, 0.05) is 11.3 Å². The average Bonchev–Trinajstić information content (AvgIpc) is 2.18. The number of allylic oxidation sites excluding steroid dienone is 4. The average molecular weight is 208 g/mol. The maximum absolute atomic E-state index is 11.6. The van der Waals surface area contributed by atoms with Crippen molar-refractivity contribution in [2.24, 2.45) is 0 Å². The van der Waals surface area contributed by atoms with Gasteiger partial charge in [0.1, 0.15) is 0 Å². The van der Waals surface area contributed by atoms with Crippen molar-refractivity contribution in [3.8, 4) is 0 Å². The SMILES string of the molecule is CC(C)=CCSC(=O)C1=CC=CCC1. The van der Waals surface area contributed by atoms with E-state index >= 15 is 0 Å². The summed E-state index contributed by atoms with van der Waals surface area (Å²) in [4.78, 5) is 11.6. The first-order valence-corrected chi connectivity index (χ1v) is 5.85. The van der Waals surface area contributed by atoms with Crippen LogP contribution in [0.2, 0.25) is 0 Å². The predicted octanol–water partition coefficient (Wildman–Crippen LogP) is 3.49. The Morgan fingerprint density at radius 1 is 1.57 bits per heavy atom. The zero-order valence-corrected chi connectivity index (χ0v) is 9.56. The highest BCUT2D eigenvalue weighted by Gasteiger charge is 2.09. The van der Waals surface area contributed by atoms with E-state index in [4.69, 9.17) is 0 Å². The minimum atomic E-state index is 0.229. The molecule has 1 aliphatic rings. The van der Waals surface area contributed by atoms with Crippen LogP contribution in [0.25, 0.3) is 0 Å². The Kier molecular flexibility index (Phi) is 4.74. The molecule has 0 amide bonds. The molecule has 0 atom stereocenters. The van der Waals surface area contributed by atoms with E-state index in [9.17, 15) is 4.79 Å². The normalized spacial score (nSPS) is 14.9. The highest BCUT2D eigenvalue weighted by Crippen LogP contribution is 2.19. The summed E-state index contributed by atoms with van der Waals surface area (Å²) >= 11 is 1.39. The van der Waals surface area contributed by atoms with Crippen molar-refractivity contribution in [2.75, 3.05) is 5.75 Å². The van der Waals surface area contributed by atoms with Gasteiger partial charge in [-0.15, -0.1) is 0 Å². The van der Waals surface area contributed by atoms with Gasteiger partial charge in [-0.1, -0.05) is 41.6 Å². The highest BCUT2D eigenvalue weighted by atomic mass is 32.2. The lowest BCUT2D eigenvalue weighted by atomic mass is 10.1. The molecule has 0 saturated carbocycles. The Morgan fingerprint density at radius 3 is 2.93 bits per heavy atom. The van der Waals surface area contributed by atoms with Crippen LogP contribution in [0, 0.1) is 0 Å². The van der Waals surface area contributed by atoms with Crippen LogP contribution in [0.1, 0.15) is 26.7 Å². The van der Waals surface area contributed by atoms with E-state index in [0.717, 1.165) is 24.2 Å². The van der Waals surface area contributed by atoms with Crippen molar-refractivity contribution in [1.82, 2.24) is 0 Å².